The standard InChI is InChI=1S/C17H18ClNO/c1-19(11-13-10-14(18)7-9-17(13)20)16-8-6-12-4-2-3-5-15(12)16/h2-5,7,9-10,16,20H,6,8,11H2,1H3. The Morgan fingerprint density at radius 1 is 1.25 bits per heavy atom. The molecule has 0 bridgehead atoms. The number of halogens is 1. The van der Waals surface area contributed by atoms with Crippen molar-refractivity contribution in [2.24, 2.45) is 0 Å². The van der Waals surface area contributed by atoms with Crippen LogP contribution in [0.5, 0.6) is 5.75 Å². The van der Waals surface area contributed by atoms with E-state index in [1.54, 1.807) is 12.1 Å². The number of hydrogen-bond acceptors (Lipinski definition) is 2. The lowest BCUT2D eigenvalue weighted by Crippen LogP contribution is -2.22. The zero-order valence-electron chi connectivity index (χ0n) is 11.5. The zero-order valence-corrected chi connectivity index (χ0v) is 12.3. The van der Waals surface area contributed by atoms with Crippen molar-refractivity contribution in [1.82, 2.24) is 4.90 Å². The Bertz CT molecular complexity index is 626. The average molecular weight is 288 g/mol. The second kappa shape index (κ2) is 5.47. The average Bonchev–Trinajstić information content (AvgIpc) is 2.87. The van der Waals surface area contributed by atoms with E-state index >= 15 is 0 Å². The van der Waals surface area contributed by atoms with Crippen LogP contribution in [0.2, 0.25) is 5.02 Å². The van der Waals surface area contributed by atoms with Crippen LogP contribution in [-0.2, 0) is 13.0 Å². The number of aromatic hydroxyl groups is 1. The minimum absolute atomic E-state index is 0.313. The van der Waals surface area contributed by atoms with Crippen LogP contribution >= 0.6 is 11.6 Å². The van der Waals surface area contributed by atoms with Crippen LogP contribution in [0.4, 0.5) is 0 Å². The molecule has 1 aliphatic rings. The first-order chi connectivity index (χ1) is 9.65. The molecule has 0 heterocycles. The number of benzene rings is 2. The number of hydrogen-bond donors (Lipinski definition) is 1. The summed E-state index contributed by atoms with van der Waals surface area (Å²) in [6.07, 6.45) is 2.27. The number of nitrogens with zero attached hydrogens (tertiary/aromatic N) is 1. The molecule has 20 heavy (non-hydrogen) atoms. The Balaban J connectivity index is 1.81. The molecule has 1 unspecified atom stereocenters. The Kier molecular flexibility index (Phi) is 3.68. The maximum atomic E-state index is 9.94. The Morgan fingerprint density at radius 3 is 2.90 bits per heavy atom. The van der Waals surface area contributed by atoms with Gasteiger partial charge in [0.1, 0.15) is 5.75 Å². The van der Waals surface area contributed by atoms with Crippen molar-refractivity contribution >= 4 is 11.6 Å². The fraction of sp³-hybridized carbons (Fsp3) is 0.294. The zero-order chi connectivity index (χ0) is 14.1. The Labute approximate surface area is 124 Å². The first-order valence-electron chi connectivity index (χ1n) is 6.90. The fourth-order valence-electron chi connectivity index (χ4n) is 3.05. The summed E-state index contributed by atoms with van der Waals surface area (Å²) in [5.74, 6) is 0.313. The third-order valence-corrected chi connectivity index (χ3v) is 4.33. The maximum absolute atomic E-state index is 9.94. The van der Waals surface area contributed by atoms with Crippen LogP contribution in [0.3, 0.4) is 0 Å². The predicted molar refractivity (Wildman–Crippen MR) is 82.1 cm³/mol. The summed E-state index contributed by atoms with van der Waals surface area (Å²) in [5.41, 5.74) is 3.74. The highest BCUT2D eigenvalue weighted by molar-refractivity contribution is 6.30. The summed E-state index contributed by atoms with van der Waals surface area (Å²) in [5, 5.41) is 10.6. The largest absolute Gasteiger partial charge is 0.508 e. The molecule has 0 saturated carbocycles. The Hall–Kier alpha value is -1.51. The fourth-order valence-corrected chi connectivity index (χ4v) is 3.25. The predicted octanol–water partition coefficient (Wildman–Crippen LogP) is 4.16. The van der Waals surface area contributed by atoms with Crippen LogP contribution in [0.15, 0.2) is 42.5 Å². The monoisotopic (exact) mass is 287 g/mol. The lowest BCUT2D eigenvalue weighted by Gasteiger charge is -2.25. The molecule has 0 spiro atoms. The van der Waals surface area contributed by atoms with E-state index in [0.29, 0.717) is 23.4 Å². The molecule has 2 aromatic carbocycles. The van der Waals surface area contributed by atoms with Gasteiger partial charge in [0.15, 0.2) is 0 Å². The lowest BCUT2D eigenvalue weighted by atomic mass is 10.1. The molecule has 3 rings (SSSR count). The van der Waals surface area contributed by atoms with Crippen LogP contribution in [0.1, 0.15) is 29.2 Å². The van der Waals surface area contributed by atoms with Crippen LogP contribution in [0, 0.1) is 0 Å². The van der Waals surface area contributed by atoms with E-state index in [0.717, 1.165) is 18.4 Å². The summed E-state index contributed by atoms with van der Waals surface area (Å²) >= 11 is 6.01. The normalized spacial score (nSPS) is 17.4. The number of rotatable bonds is 3. The molecule has 104 valence electrons. The molecule has 0 saturated heterocycles. The van der Waals surface area contributed by atoms with Crippen molar-refractivity contribution in [3.63, 3.8) is 0 Å². The van der Waals surface area contributed by atoms with Gasteiger partial charge >= 0.3 is 0 Å². The van der Waals surface area contributed by atoms with E-state index in [4.69, 9.17) is 11.6 Å². The number of aryl methyl sites for hydroxylation is 1. The van der Waals surface area contributed by atoms with E-state index < -0.39 is 0 Å². The molecule has 0 fully saturated rings. The third kappa shape index (κ3) is 2.54. The summed E-state index contributed by atoms with van der Waals surface area (Å²) in [6.45, 7) is 0.700. The van der Waals surface area contributed by atoms with E-state index in [-0.39, 0.29) is 0 Å². The van der Waals surface area contributed by atoms with Crippen molar-refractivity contribution in [1.29, 1.82) is 0 Å². The van der Waals surface area contributed by atoms with Gasteiger partial charge in [-0.3, -0.25) is 4.90 Å². The molecule has 2 aromatic rings. The van der Waals surface area contributed by atoms with E-state index in [1.807, 2.05) is 6.07 Å². The van der Waals surface area contributed by atoms with Crippen molar-refractivity contribution in [3.8, 4) is 5.75 Å². The summed E-state index contributed by atoms with van der Waals surface area (Å²) in [6, 6.07) is 14.3. The highest BCUT2D eigenvalue weighted by atomic mass is 35.5. The molecular weight excluding hydrogens is 270 g/mol. The molecule has 0 radical (unpaired) electrons. The molecule has 1 atom stereocenters. The van der Waals surface area contributed by atoms with Gasteiger partial charge in [-0.25, -0.2) is 0 Å². The molecule has 1 aliphatic carbocycles. The number of phenols is 1. The highest BCUT2D eigenvalue weighted by Gasteiger charge is 2.25. The maximum Gasteiger partial charge on any atom is 0.120 e. The van der Waals surface area contributed by atoms with Crippen LogP contribution in [0.25, 0.3) is 0 Å². The smallest absolute Gasteiger partial charge is 0.120 e. The lowest BCUT2D eigenvalue weighted by molar-refractivity contribution is 0.233. The van der Waals surface area contributed by atoms with Gasteiger partial charge in [-0.15, -0.1) is 0 Å². The molecule has 0 aromatic heterocycles. The summed E-state index contributed by atoms with van der Waals surface area (Å²) in [4.78, 5) is 2.29. The molecule has 2 nitrogen and oxygen atoms in total. The van der Waals surface area contributed by atoms with Gasteiger partial charge in [-0.2, -0.15) is 0 Å². The van der Waals surface area contributed by atoms with E-state index in [1.165, 1.54) is 11.1 Å². The van der Waals surface area contributed by atoms with E-state index in [9.17, 15) is 5.11 Å². The molecule has 1 N–H and O–H groups in total. The SMILES string of the molecule is CN(Cc1cc(Cl)ccc1O)C1CCc2ccccc21. The minimum Gasteiger partial charge on any atom is -0.508 e. The van der Waals surface area contributed by atoms with Crippen molar-refractivity contribution in [3.05, 3.63) is 64.2 Å². The molecular formula is C17H18ClNO. The first kappa shape index (κ1) is 13.5. The first-order valence-corrected chi connectivity index (χ1v) is 7.28. The second-order valence-corrected chi connectivity index (χ2v) is 5.88. The van der Waals surface area contributed by atoms with E-state index in [2.05, 4.69) is 36.2 Å². The molecule has 0 amide bonds. The Morgan fingerprint density at radius 2 is 2.05 bits per heavy atom. The summed E-state index contributed by atoms with van der Waals surface area (Å²) < 4.78 is 0. The minimum atomic E-state index is 0.313. The number of phenolic OH excluding ortho intramolecular Hbond substituents is 1. The second-order valence-electron chi connectivity index (χ2n) is 5.44. The third-order valence-electron chi connectivity index (χ3n) is 4.09. The molecule has 0 aliphatic heterocycles. The van der Waals surface area contributed by atoms with Gasteiger partial charge in [0.2, 0.25) is 0 Å². The van der Waals surface area contributed by atoms with Gasteiger partial charge < -0.3 is 5.11 Å². The van der Waals surface area contributed by atoms with Gasteiger partial charge in [-0.05, 0) is 49.2 Å². The van der Waals surface area contributed by atoms with Gasteiger partial charge in [0.25, 0.3) is 0 Å². The van der Waals surface area contributed by atoms with Gasteiger partial charge in [0.05, 0.1) is 0 Å². The highest BCUT2D eigenvalue weighted by Crippen LogP contribution is 2.36. The summed E-state index contributed by atoms with van der Waals surface area (Å²) in [7, 11) is 2.10. The van der Waals surface area contributed by atoms with Crippen molar-refractivity contribution in [2.75, 3.05) is 7.05 Å². The van der Waals surface area contributed by atoms with Crippen molar-refractivity contribution in [2.45, 2.75) is 25.4 Å². The quantitative estimate of drug-likeness (QED) is 0.916. The van der Waals surface area contributed by atoms with Crippen molar-refractivity contribution < 1.29 is 5.11 Å². The molecule has 3 heteroatoms. The van der Waals surface area contributed by atoms with Crippen LogP contribution in [-0.4, -0.2) is 17.1 Å². The number of fused-ring (bicyclic) bond motifs is 1. The topological polar surface area (TPSA) is 23.5 Å². The van der Waals surface area contributed by atoms with Gasteiger partial charge in [0, 0.05) is 23.2 Å². The van der Waals surface area contributed by atoms with Gasteiger partial charge in [-0.1, -0.05) is 35.9 Å². The van der Waals surface area contributed by atoms with Crippen LogP contribution < -0.4 is 0 Å².